The van der Waals surface area contributed by atoms with Crippen LogP contribution in [0, 0.1) is 13.8 Å². The van der Waals surface area contributed by atoms with E-state index in [-0.39, 0.29) is 11.6 Å². The highest BCUT2D eigenvalue weighted by atomic mass is 16.5. The Morgan fingerprint density at radius 2 is 2.00 bits per heavy atom. The average Bonchev–Trinajstić information content (AvgIpc) is 2.29. The monoisotopic (exact) mass is 236 g/mol. The Morgan fingerprint density at radius 1 is 1.35 bits per heavy atom. The fourth-order valence-corrected chi connectivity index (χ4v) is 1.97. The van der Waals surface area contributed by atoms with Gasteiger partial charge in [0, 0.05) is 13.2 Å². The molecule has 1 atom stereocenters. The van der Waals surface area contributed by atoms with Gasteiger partial charge < -0.3 is 4.74 Å². The summed E-state index contributed by atoms with van der Waals surface area (Å²) in [5.41, 5.74) is 6.46. The second-order valence-electron chi connectivity index (χ2n) is 5.25. The number of methoxy groups -OCH3 is 1. The van der Waals surface area contributed by atoms with Crippen molar-refractivity contribution < 1.29 is 4.74 Å². The first kappa shape index (κ1) is 14.2. The molecule has 0 saturated carbocycles. The van der Waals surface area contributed by atoms with Crippen molar-refractivity contribution in [3.8, 4) is 0 Å². The lowest BCUT2D eigenvalue weighted by molar-refractivity contribution is 0.00676. The number of hydrogen-bond donors (Lipinski definition) is 2. The van der Waals surface area contributed by atoms with E-state index in [9.17, 15) is 0 Å². The third-order valence-electron chi connectivity index (χ3n) is 3.26. The predicted octanol–water partition coefficient (Wildman–Crippen LogP) is 2.62. The summed E-state index contributed by atoms with van der Waals surface area (Å²) in [6, 6.07) is 6.55. The van der Waals surface area contributed by atoms with Gasteiger partial charge in [0.15, 0.2) is 0 Å². The summed E-state index contributed by atoms with van der Waals surface area (Å²) in [6.07, 6.45) is 0.838. The third kappa shape index (κ3) is 3.80. The molecule has 0 aliphatic carbocycles. The van der Waals surface area contributed by atoms with E-state index in [2.05, 4.69) is 51.3 Å². The fraction of sp³-hybridized carbons (Fsp3) is 0.571. The molecule has 0 aromatic heterocycles. The number of nitrogens with one attached hydrogen (secondary N) is 1. The summed E-state index contributed by atoms with van der Waals surface area (Å²) in [4.78, 5) is 0. The van der Waals surface area contributed by atoms with E-state index in [1.807, 2.05) is 0 Å². The zero-order chi connectivity index (χ0) is 13.1. The normalized spacial score (nSPS) is 13.8. The number of hydrogen-bond acceptors (Lipinski definition) is 3. The smallest absolute Gasteiger partial charge is 0.0641 e. The van der Waals surface area contributed by atoms with Gasteiger partial charge in [-0.3, -0.25) is 11.3 Å². The van der Waals surface area contributed by atoms with Crippen LogP contribution in [0.25, 0.3) is 0 Å². The Morgan fingerprint density at radius 3 is 2.53 bits per heavy atom. The van der Waals surface area contributed by atoms with Crippen LogP contribution in [0.15, 0.2) is 18.2 Å². The zero-order valence-corrected chi connectivity index (χ0v) is 11.5. The van der Waals surface area contributed by atoms with Gasteiger partial charge in [-0.05, 0) is 45.2 Å². The topological polar surface area (TPSA) is 47.3 Å². The summed E-state index contributed by atoms with van der Waals surface area (Å²) in [5.74, 6) is 5.68. The Hall–Kier alpha value is -0.900. The Labute approximate surface area is 104 Å². The van der Waals surface area contributed by atoms with Crippen LogP contribution in [0.1, 0.15) is 43.0 Å². The van der Waals surface area contributed by atoms with E-state index < -0.39 is 0 Å². The highest BCUT2D eigenvalue weighted by molar-refractivity contribution is 5.33. The highest BCUT2D eigenvalue weighted by Crippen LogP contribution is 2.27. The van der Waals surface area contributed by atoms with Crippen LogP contribution in [0.4, 0.5) is 0 Å². The first-order valence-electron chi connectivity index (χ1n) is 5.98. The molecule has 0 fully saturated rings. The molecule has 96 valence electrons. The van der Waals surface area contributed by atoms with Crippen LogP contribution in [0.5, 0.6) is 0 Å². The average molecular weight is 236 g/mol. The first-order valence-corrected chi connectivity index (χ1v) is 5.98. The molecule has 1 unspecified atom stereocenters. The maximum Gasteiger partial charge on any atom is 0.0641 e. The lowest BCUT2D eigenvalue weighted by Crippen LogP contribution is -2.35. The van der Waals surface area contributed by atoms with Gasteiger partial charge in [-0.15, -0.1) is 0 Å². The van der Waals surface area contributed by atoms with Crippen LogP contribution in [0.2, 0.25) is 0 Å². The minimum atomic E-state index is -0.187. The number of nitrogens with two attached hydrogens (primary N) is 1. The number of benzene rings is 1. The van der Waals surface area contributed by atoms with Crippen molar-refractivity contribution in [2.45, 2.75) is 45.8 Å². The molecular weight excluding hydrogens is 212 g/mol. The molecule has 1 aromatic carbocycles. The molecule has 3 heteroatoms. The van der Waals surface area contributed by atoms with Gasteiger partial charge >= 0.3 is 0 Å². The fourth-order valence-electron chi connectivity index (χ4n) is 1.97. The third-order valence-corrected chi connectivity index (χ3v) is 3.26. The van der Waals surface area contributed by atoms with Gasteiger partial charge in [-0.25, -0.2) is 0 Å². The first-order chi connectivity index (χ1) is 7.89. The standard InChI is InChI=1S/C14H24N2O/c1-10-6-7-11(2)12(8-10)13(16-15)9-14(3,4)17-5/h6-8,13,16H,9,15H2,1-5H3. The van der Waals surface area contributed by atoms with Crippen molar-refractivity contribution >= 4 is 0 Å². The van der Waals surface area contributed by atoms with Crippen molar-refractivity contribution in [1.82, 2.24) is 5.43 Å². The maximum atomic E-state index is 5.68. The molecular formula is C14H24N2O. The van der Waals surface area contributed by atoms with Crippen LogP contribution in [-0.2, 0) is 4.74 Å². The molecule has 0 spiro atoms. The quantitative estimate of drug-likeness (QED) is 0.610. The minimum absolute atomic E-state index is 0.116. The summed E-state index contributed by atoms with van der Waals surface area (Å²) < 4.78 is 5.47. The summed E-state index contributed by atoms with van der Waals surface area (Å²) in [6.45, 7) is 8.35. The minimum Gasteiger partial charge on any atom is -0.379 e. The van der Waals surface area contributed by atoms with E-state index in [4.69, 9.17) is 10.6 Å². The van der Waals surface area contributed by atoms with Crippen LogP contribution < -0.4 is 11.3 Å². The molecule has 3 nitrogen and oxygen atoms in total. The molecule has 0 bridgehead atoms. The van der Waals surface area contributed by atoms with Crippen molar-refractivity contribution in [3.63, 3.8) is 0 Å². The molecule has 0 saturated heterocycles. The summed E-state index contributed by atoms with van der Waals surface area (Å²) >= 11 is 0. The van der Waals surface area contributed by atoms with E-state index in [0.29, 0.717) is 0 Å². The van der Waals surface area contributed by atoms with Gasteiger partial charge in [-0.1, -0.05) is 23.8 Å². The molecule has 1 aromatic rings. The van der Waals surface area contributed by atoms with E-state index in [0.717, 1.165) is 6.42 Å². The maximum absolute atomic E-state index is 5.68. The molecule has 0 amide bonds. The predicted molar refractivity (Wildman–Crippen MR) is 71.7 cm³/mol. The molecule has 0 aliphatic heterocycles. The van der Waals surface area contributed by atoms with Crippen LogP contribution in [0.3, 0.4) is 0 Å². The molecule has 3 N–H and O–H groups in total. The van der Waals surface area contributed by atoms with Gasteiger partial charge in [0.05, 0.1) is 5.60 Å². The van der Waals surface area contributed by atoms with Crippen LogP contribution in [-0.4, -0.2) is 12.7 Å². The number of hydrazine groups is 1. The van der Waals surface area contributed by atoms with Crippen LogP contribution >= 0.6 is 0 Å². The van der Waals surface area contributed by atoms with Crippen molar-refractivity contribution in [2.75, 3.05) is 7.11 Å². The lowest BCUT2D eigenvalue weighted by atomic mass is 9.91. The number of rotatable bonds is 5. The number of aryl methyl sites for hydroxylation is 2. The number of ether oxygens (including phenoxy) is 1. The molecule has 1 rings (SSSR count). The second kappa shape index (κ2) is 5.63. The van der Waals surface area contributed by atoms with Crippen molar-refractivity contribution in [2.24, 2.45) is 5.84 Å². The second-order valence-corrected chi connectivity index (χ2v) is 5.25. The Kier molecular flexibility index (Phi) is 4.69. The molecule has 17 heavy (non-hydrogen) atoms. The van der Waals surface area contributed by atoms with Gasteiger partial charge in [0.25, 0.3) is 0 Å². The van der Waals surface area contributed by atoms with Crippen molar-refractivity contribution in [3.05, 3.63) is 34.9 Å². The molecule has 0 aliphatic rings. The summed E-state index contributed by atoms with van der Waals surface area (Å²) in [5, 5.41) is 0. The Bertz CT molecular complexity index is 374. The van der Waals surface area contributed by atoms with Gasteiger partial charge in [0.1, 0.15) is 0 Å². The Balaban J connectivity index is 2.97. The van der Waals surface area contributed by atoms with E-state index in [1.54, 1.807) is 7.11 Å². The lowest BCUT2D eigenvalue weighted by Gasteiger charge is -2.29. The largest absolute Gasteiger partial charge is 0.379 e. The SMILES string of the molecule is COC(C)(C)CC(NN)c1cc(C)ccc1C. The molecule has 0 radical (unpaired) electrons. The van der Waals surface area contributed by atoms with E-state index >= 15 is 0 Å². The summed E-state index contributed by atoms with van der Waals surface area (Å²) in [7, 11) is 1.73. The highest BCUT2D eigenvalue weighted by Gasteiger charge is 2.24. The molecule has 0 heterocycles. The van der Waals surface area contributed by atoms with Crippen molar-refractivity contribution in [1.29, 1.82) is 0 Å². The van der Waals surface area contributed by atoms with E-state index in [1.165, 1.54) is 16.7 Å². The van der Waals surface area contributed by atoms with Gasteiger partial charge in [-0.2, -0.15) is 0 Å². The van der Waals surface area contributed by atoms with Gasteiger partial charge in [0.2, 0.25) is 0 Å². The zero-order valence-electron chi connectivity index (χ0n) is 11.5.